The van der Waals surface area contributed by atoms with Gasteiger partial charge < -0.3 is 14.9 Å². The fourth-order valence-corrected chi connectivity index (χ4v) is 2.74. The van der Waals surface area contributed by atoms with Crippen molar-refractivity contribution in [1.29, 1.82) is 0 Å². The van der Waals surface area contributed by atoms with Crippen LogP contribution in [-0.4, -0.2) is 35.0 Å². The van der Waals surface area contributed by atoms with Crippen LogP contribution in [0.2, 0.25) is 0 Å². The van der Waals surface area contributed by atoms with Gasteiger partial charge in [0.25, 0.3) is 0 Å². The number of hydrogen-bond acceptors (Lipinski definition) is 4. The molecule has 0 aliphatic carbocycles. The molecule has 0 saturated heterocycles. The summed E-state index contributed by atoms with van der Waals surface area (Å²) in [5.41, 5.74) is 0. The topological polar surface area (TPSA) is 66.8 Å². The Kier molecular flexibility index (Phi) is 15.4. The van der Waals surface area contributed by atoms with Gasteiger partial charge in [-0.3, -0.25) is 4.79 Å². The van der Waals surface area contributed by atoms with E-state index in [0.29, 0.717) is 6.42 Å². The number of ether oxygens (including phenoxy) is 1. The zero-order valence-electron chi connectivity index (χ0n) is 14.8. The van der Waals surface area contributed by atoms with E-state index in [0.717, 1.165) is 25.7 Å². The maximum Gasteiger partial charge on any atom is 0.302 e. The quantitative estimate of drug-likeness (QED) is 0.254. The van der Waals surface area contributed by atoms with Gasteiger partial charge in [0.15, 0.2) is 0 Å². The Hall–Kier alpha value is -0.870. The number of unbranched alkanes of at least 4 members (excludes halogenated alkanes) is 9. The lowest BCUT2D eigenvalue weighted by molar-refractivity contribution is -0.148. The molecule has 0 aliphatic rings. The SMILES string of the molecule is C=CCCCCCCCCCCC[C@H](C[C@H](O)CO)OC(C)=O. The standard InChI is InChI=1S/C19H36O4/c1-3-4-5-6-7-8-9-10-11-12-13-14-19(23-17(2)21)15-18(22)16-20/h3,18-20,22H,1,4-16H2,2H3/t18-,19+/m0/s1. The molecule has 23 heavy (non-hydrogen) atoms. The van der Waals surface area contributed by atoms with Crippen LogP contribution >= 0.6 is 0 Å². The van der Waals surface area contributed by atoms with E-state index in [1.165, 1.54) is 51.9 Å². The third kappa shape index (κ3) is 15.8. The first-order valence-corrected chi connectivity index (χ1v) is 9.17. The Morgan fingerprint density at radius 1 is 1.04 bits per heavy atom. The predicted molar refractivity (Wildman–Crippen MR) is 94.2 cm³/mol. The summed E-state index contributed by atoms with van der Waals surface area (Å²) >= 11 is 0. The molecule has 0 fully saturated rings. The van der Waals surface area contributed by atoms with Gasteiger partial charge in [-0.25, -0.2) is 0 Å². The first kappa shape index (κ1) is 22.1. The minimum Gasteiger partial charge on any atom is -0.462 e. The Bertz CT molecular complexity index is 291. The maximum absolute atomic E-state index is 11.1. The van der Waals surface area contributed by atoms with E-state index in [4.69, 9.17) is 9.84 Å². The van der Waals surface area contributed by atoms with Gasteiger partial charge in [-0.1, -0.05) is 51.0 Å². The highest BCUT2D eigenvalue weighted by Crippen LogP contribution is 2.15. The molecule has 0 rings (SSSR count). The van der Waals surface area contributed by atoms with Crippen molar-refractivity contribution in [3.05, 3.63) is 12.7 Å². The first-order valence-electron chi connectivity index (χ1n) is 9.17. The van der Waals surface area contributed by atoms with Crippen molar-refractivity contribution in [3.63, 3.8) is 0 Å². The van der Waals surface area contributed by atoms with E-state index in [-0.39, 0.29) is 18.7 Å². The van der Waals surface area contributed by atoms with Crippen LogP contribution in [0.1, 0.15) is 84.0 Å². The fourth-order valence-electron chi connectivity index (χ4n) is 2.74. The van der Waals surface area contributed by atoms with Gasteiger partial charge in [0, 0.05) is 13.3 Å². The molecule has 4 heteroatoms. The van der Waals surface area contributed by atoms with Crippen molar-refractivity contribution in [2.24, 2.45) is 0 Å². The van der Waals surface area contributed by atoms with Crippen molar-refractivity contribution < 1.29 is 19.7 Å². The number of aliphatic hydroxyl groups excluding tert-OH is 2. The molecule has 4 nitrogen and oxygen atoms in total. The minimum atomic E-state index is -0.805. The zero-order valence-corrected chi connectivity index (χ0v) is 14.8. The van der Waals surface area contributed by atoms with Crippen LogP contribution in [-0.2, 0) is 9.53 Å². The molecule has 0 heterocycles. The van der Waals surface area contributed by atoms with Gasteiger partial charge in [0.05, 0.1) is 12.7 Å². The van der Waals surface area contributed by atoms with E-state index in [2.05, 4.69) is 6.58 Å². The molecule has 0 aromatic rings. The average Bonchev–Trinajstić information content (AvgIpc) is 2.51. The summed E-state index contributed by atoms with van der Waals surface area (Å²) in [6.07, 6.45) is 14.2. The molecule has 0 bridgehead atoms. The van der Waals surface area contributed by atoms with E-state index < -0.39 is 6.10 Å². The van der Waals surface area contributed by atoms with Crippen LogP contribution in [0.3, 0.4) is 0 Å². The van der Waals surface area contributed by atoms with E-state index in [1.807, 2.05) is 6.08 Å². The highest BCUT2D eigenvalue weighted by molar-refractivity contribution is 5.66. The molecule has 0 aliphatic heterocycles. The van der Waals surface area contributed by atoms with Crippen LogP contribution in [0, 0.1) is 0 Å². The Labute approximate surface area is 141 Å². The van der Waals surface area contributed by atoms with Crippen molar-refractivity contribution in [3.8, 4) is 0 Å². The molecule has 0 spiro atoms. The predicted octanol–water partition coefficient (Wildman–Crippen LogP) is 4.14. The normalized spacial score (nSPS) is 13.5. The molecule has 0 radical (unpaired) electrons. The van der Waals surface area contributed by atoms with Gasteiger partial charge in [-0.15, -0.1) is 6.58 Å². The van der Waals surface area contributed by atoms with Crippen molar-refractivity contribution in [2.75, 3.05) is 6.61 Å². The minimum absolute atomic E-state index is 0.278. The number of carbonyl (C=O) groups is 1. The fraction of sp³-hybridized carbons (Fsp3) is 0.842. The van der Waals surface area contributed by atoms with Gasteiger partial charge in [0.1, 0.15) is 6.10 Å². The molecule has 0 aromatic heterocycles. The van der Waals surface area contributed by atoms with Crippen LogP contribution in [0.15, 0.2) is 12.7 Å². The largest absolute Gasteiger partial charge is 0.462 e. The molecule has 0 amide bonds. The lowest BCUT2D eigenvalue weighted by atomic mass is 10.0. The Morgan fingerprint density at radius 3 is 2.04 bits per heavy atom. The molecule has 0 unspecified atom stereocenters. The third-order valence-corrected chi connectivity index (χ3v) is 4.01. The van der Waals surface area contributed by atoms with Crippen LogP contribution < -0.4 is 0 Å². The molecule has 0 saturated carbocycles. The first-order chi connectivity index (χ1) is 11.1. The lowest BCUT2D eigenvalue weighted by Crippen LogP contribution is -2.25. The number of carbonyl (C=O) groups excluding carboxylic acids is 1. The third-order valence-electron chi connectivity index (χ3n) is 4.01. The Balaban J connectivity index is 3.54. The number of hydrogen-bond donors (Lipinski definition) is 2. The summed E-state index contributed by atoms with van der Waals surface area (Å²) in [5.74, 6) is -0.323. The second kappa shape index (κ2) is 16.0. The zero-order chi connectivity index (χ0) is 17.3. The molecule has 136 valence electrons. The van der Waals surface area contributed by atoms with Gasteiger partial charge in [-0.2, -0.15) is 0 Å². The van der Waals surface area contributed by atoms with E-state index >= 15 is 0 Å². The van der Waals surface area contributed by atoms with Crippen LogP contribution in [0.5, 0.6) is 0 Å². The summed E-state index contributed by atoms with van der Waals surface area (Å²) in [6.45, 7) is 4.83. The summed E-state index contributed by atoms with van der Waals surface area (Å²) in [4.78, 5) is 11.1. The van der Waals surface area contributed by atoms with E-state index in [1.54, 1.807) is 0 Å². The van der Waals surface area contributed by atoms with Gasteiger partial charge in [-0.05, 0) is 25.7 Å². The summed E-state index contributed by atoms with van der Waals surface area (Å²) in [6, 6.07) is 0. The van der Waals surface area contributed by atoms with Gasteiger partial charge in [0.2, 0.25) is 0 Å². The number of esters is 1. The van der Waals surface area contributed by atoms with E-state index in [9.17, 15) is 9.90 Å². The number of allylic oxidation sites excluding steroid dienone is 1. The summed E-state index contributed by atoms with van der Waals surface area (Å²) in [7, 11) is 0. The number of aliphatic hydroxyl groups is 2. The molecule has 2 atom stereocenters. The number of rotatable bonds is 16. The molecule has 2 N–H and O–H groups in total. The lowest BCUT2D eigenvalue weighted by Gasteiger charge is -2.19. The summed E-state index contributed by atoms with van der Waals surface area (Å²) < 4.78 is 5.20. The van der Waals surface area contributed by atoms with Crippen molar-refractivity contribution >= 4 is 5.97 Å². The molecular formula is C19H36O4. The second-order valence-corrected chi connectivity index (χ2v) is 6.35. The maximum atomic E-state index is 11.1. The summed E-state index contributed by atoms with van der Waals surface area (Å²) in [5, 5.41) is 18.4. The van der Waals surface area contributed by atoms with Crippen molar-refractivity contribution in [2.45, 2.75) is 96.2 Å². The van der Waals surface area contributed by atoms with Gasteiger partial charge >= 0.3 is 5.97 Å². The smallest absolute Gasteiger partial charge is 0.302 e. The molecule has 0 aromatic carbocycles. The average molecular weight is 328 g/mol. The Morgan fingerprint density at radius 2 is 1.57 bits per heavy atom. The van der Waals surface area contributed by atoms with Crippen LogP contribution in [0.25, 0.3) is 0 Å². The highest BCUT2D eigenvalue weighted by Gasteiger charge is 2.16. The van der Waals surface area contributed by atoms with Crippen LogP contribution in [0.4, 0.5) is 0 Å². The van der Waals surface area contributed by atoms with Crippen molar-refractivity contribution in [1.82, 2.24) is 0 Å². The monoisotopic (exact) mass is 328 g/mol. The second-order valence-electron chi connectivity index (χ2n) is 6.35. The highest BCUT2D eigenvalue weighted by atomic mass is 16.5. The molecular weight excluding hydrogens is 292 g/mol.